The maximum Gasteiger partial charge on any atom is 0.159 e. The summed E-state index contributed by atoms with van der Waals surface area (Å²) in [6.07, 6.45) is 1.23. The van der Waals surface area contributed by atoms with E-state index in [4.69, 9.17) is 10.5 Å². The van der Waals surface area contributed by atoms with Gasteiger partial charge < -0.3 is 5.32 Å². The summed E-state index contributed by atoms with van der Waals surface area (Å²) in [5.74, 6) is -0.341. The molecule has 0 aliphatic heterocycles. The number of carbonyl (C=O) groups is 2. The van der Waals surface area contributed by atoms with Gasteiger partial charge in [0.05, 0.1) is 0 Å². The summed E-state index contributed by atoms with van der Waals surface area (Å²) < 4.78 is 0. The number of hydrogen-bond acceptors (Lipinski definition) is 5. The third kappa shape index (κ3) is 3.79. The summed E-state index contributed by atoms with van der Waals surface area (Å²) in [5, 5.41) is 19.9. The van der Waals surface area contributed by atoms with E-state index in [1.807, 2.05) is 0 Å². The van der Waals surface area contributed by atoms with Gasteiger partial charge in [0.1, 0.15) is 17.7 Å². The first-order valence-electron chi connectivity index (χ1n) is 5.41. The number of rotatable bonds is 4. The third-order valence-corrected chi connectivity index (χ3v) is 2.37. The Kier molecular flexibility index (Phi) is 4.56. The first-order chi connectivity index (χ1) is 8.97. The van der Waals surface area contributed by atoms with Gasteiger partial charge in [0.2, 0.25) is 0 Å². The fourth-order valence-corrected chi connectivity index (χ4v) is 1.36. The molecule has 0 saturated carbocycles. The van der Waals surface area contributed by atoms with Gasteiger partial charge in [-0.25, -0.2) is 0 Å². The largest absolute Gasteiger partial charge is 0.360 e. The molecule has 1 N–H and O–H groups in total. The van der Waals surface area contributed by atoms with Crippen molar-refractivity contribution in [2.75, 3.05) is 5.32 Å². The van der Waals surface area contributed by atoms with Crippen molar-refractivity contribution < 1.29 is 9.59 Å². The molecule has 0 atom stereocenters. The van der Waals surface area contributed by atoms with Crippen molar-refractivity contribution >= 4 is 17.3 Å². The monoisotopic (exact) mass is 253 g/mol. The van der Waals surface area contributed by atoms with Crippen LogP contribution in [-0.2, 0) is 0 Å². The zero-order valence-electron chi connectivity index (χ0n) is 10.5. The van der Waals surface area contributed by atoms with E-state index in [2.05, 4.69) is 5.32 Å². The van der Waals surface area contributed by atoms with Crippen LogP contribution in [0.25, 0.3) is 0 Å². The molecule has 0 bridgehead atoms. The van der Waals surface area contributed by atoms with Crippen molar-refractivity contribution in [1.82, 2.24) is 0 Å². The van der Waals surface area contributed by atoms with E-state index in [9.17, 15) is 9.59 Å². The zero-order valence-corrected chi connectivity index (χ0v) is 10.5. The number of carbonyl (C=O) groups excluding carboxylic acids is 2. The molecule has 0 spiro atoms. The van der Waals surface area contributed by atoms with Crippen LogP contribution in [0.15, 0.2) is 30.0 Å². The topological polar surface area (TPSA) is 93.8 Å². The van der Waals surface area contributed by atoms with Crippen molar-refractivity contribution in [2.45, 2.75) is 13.8 Å². The minimum atomic E-state index is -0.170. The molecule has 0 aromatic heterocycles. The molecule has 19 heavy (non-hydrogen) atoms. The first-order valence-corrected chi connectivity index (χ1v) is 5.41. The predicted molar refractivity (Wildman–Crippen MR) is 69.4 cm³/mol. The standard InChI is InChI=1S/C14H11N3O2/c1-9(18)12-3-13(10(2)19)5-14(4-12)17-8-11(6-15)7-16/h3-5,8,17H,1-2H3. The summed E-state index contributed by atoms with van der Waals surface area (Å²) in [6.45, 7) is 2.80. The molecule has 5 nitrogen and oxygen atoms in total. The number of nitrogens with zero attached hydrogens (tertiary/aromatic N) is 2. The maximum atomic E-state index is 11.4. The van der Waals surface area contributed by atoms with Gasteiger partial charge in [-0.1, -0.05) is 0 Å². The van der Waals surface area contributed by atoms with Gasteiger partial charge in [0.25, 0.3) is 0 Å². The lowest BCUT2D eigenvalue weighted by Crippen LogP contribution is -2.01. The second kappa shape index (κ2) is 6.13. The number of anilines is 1. The Morgan fingerprint density at radius 2 is 1.53 bits per heavy atom. The van der Waals surface area contributed by atoms with Crippen LogP contribution in [0.4, 0.5) is 5.69 Å². The van der Waals surface area contributed by atoms with E-state index in [-0.39, 0.29) is 17.1 Å². The molecule has 0 unspecified atom stereocenters. The number of benzene rings is 1. The Labute approximate surface area is 110 Å². The normalized spacial score (nSPS) is 8.84. The highest BCUT2D eigenvalue weighted by Gasteiger charge is 2.07. The van der Waals surface area contributed by atoms with Crippen LogP contribution < -0.4 is 5.32 Å². The van der Waals surface area contributed by atoms with Gasteiger partial charge in [0, 0.05) is 23.0 Å². The Balaban J connectivity index is 3.19. The van der Waals surface area contributed by atoms with Gasteiger partial charge >= 0.3 is 0 Å². The van der Waals surface area contributed by atoms with Crippen LogP contribution in [0.5, 0.6) is 0 Å². The van der Waals surface area contributed by atoms with Gasteiger partial charge in [-0.2, -0.15) is 10.5 Å². The second-order valence-electron chi connectivity index (χ2n) is 3.84. The van der Waals surface area contributed by atoms with Crippen molar-refractivity contribution in [3.8, 4) is 12.1 Å². The molecule has 94 valence electrons. The van der Waals surface area contributed by atoms with E-state index in [0.29, 0.717) is 16.8 Å². The smallest absolute Gasteiger partial charge is 0.159 e. The summed E-state index contributed by atoms with van der Waals surface area (Å²) in [7, 11) is 0. The lowest BCUT2D eigenvalue weighted by molar-refractivity contribution is 0.101. The number of ketones is 2. The molecule has 0 saturated heterocycles. The predicted octanol–water partition coefficient (Wildman–Crippen LogP) is 2.43. The highest BCUT2D eigenvalue weighted by Crippen LogP contribution is 2.16. The molecular formula is C14H11N3O2. The van der Waals surface area contributed by atoms with Crippen molar-refractivity contribution in [1.29, 1.82) is 10.5 Å². The SMILES string of the molecule is CC(=O)c1cc(NC=C(C#N)C#N)cc(C(C)=O)c1. The molecule has 1 aromatic rings. The number of nitriles is 2. The van der Waals surface area contributed by atoms with E-state index in [0.717, 1.165) is 0 Å². The second-order valence-corrected chi connectivity index (χ2v) is 3.84. The summed E-state index contributed by atoms with van der Waals surface area (Å²) in [6, 6.07) is 8.02. The Bertz CT molecular complexity index is 597. The molecule has 1 aromatic carbocycles. The Morgan fingerprint density at radius 1 is 1.05 bits per heavy atom. The molecule has 0 amide bonds. The molecule has 0 aliphatic rings. The van der Waals surface area contributed by atoms with Crippen molar-refractivity contribution in [3.05, 3.63) is 41.1 Å². The molecule has 0 radical (unpaired) electrons. The van der Waals surface area contributed by atoms with E-state index < -0.39 is 0 Å². The van der Waals surface area contributed by atoms with Gasteiger partial charge in [-0.15, -0.1) is 0 Å². The minimum absolute atomic E-state index is 0.0994. The summed E-state index contributed by atoms with van der Waals surface area (Å²) in [5.41, 5.74) is 1.15. The number of allylic oxidation sites excluding steroid dienone is 1. The Morgan fingerprint density at radius 3 is 1.89 bits per heavy atom. The van der Waals surface area contributed by atoms with Crippen molar-refractivity contribution in [2.24, 2.45) is 0 Å². The molecular weight excluding hydrogens is 242 g/mol. The average Bonchev–Trinajstić information content (AvgIpc) is 2.39. The lowest BCUT2D eigenvalue weighted by atomic mass is 10.0. The van der Waals surface area contributed by atoms with Gasteiger partial charge in [-0.3, -0.25) is 9.59 Å². The van der Waals surface area contributed by atoms with Crippen LogP contribution in [0, 0.1) is 22.7 Å². The summed E-state index contributed by atoms with van der Waals surface area (Å²) >= 11 is 0. The number of hydrogen-bond donors (Lipinski definition) is 1. The van der Waals surface area contributed by atoms with Crippen LogP contribution in [0.3, 0.4) is 0 Å². The molecule has 1 rings (SSSR count). The third-order valence-electron chi connectivity index (χ3n) is 2.37. The van der Waals surface area contributed by atoms with Crippen LogP contribution in [0.2, 0.25) is 0 Å². The van der Waals surface area contributed by atoms with Crippen LogP contribution >= 0.6 is 0 Å². The highest BCUT2D eigenvalue weighted by molar-refractivity contribution is 6.01. The highest BCUT2D eigenvalue weighted by atomic mass is 16.1. The lowest BCUT2D eigenvalue weighted by Gasteiger charge is -2.06. The quantitative estimate of drug-likeness (QED) is 0.657. The summed E-state index contributed by atoms with van der Waals surface area (Å²) in [4.78, 5) is 22.7. The van der Waals surface area contributed by atoms with E-state index in [1.54, 1.807) is 24.3 Å². The fourth-order valence-electron chi connectivity index (χ4n) is 1.36. The number of nitrogens with one attached hydrogen (secondary N) is 1. The van der Waals surface area contributed by atoms with Crippen molar-refractivity contribution in [3.63, 3.8) is 0 Å². The average molecular weight is 253 g/mol. The maximum absolute atomic E-state index is 11.4. The Hall–Kier alpha value is -2.92. The molecule has 0 aliphatic carbocycles. The minimum Gasteiger partial charge on any atom is -0.360 e. The molecule has 0 heterocycles. The first kappa shape index (κ1) is 14.1. The fraction of sp³-hybridized carbons (Fsp3) is 0.143. The zero-order chi connectivity index (χ0) is 14.4. The molecule has 0 fully saturated rings. The van der Waals surface area contributed by atoms with Gasteiger partial charge in [0.15, 0.2) is 11.6 Å². The van der Waals surface area contributed by atoms with Gasteiger partial charge in [-0.05, 0) is 32.0 Å². The van der Waals surface area contributed by atoms with Crippen LogP contribution in [-0.4, -0.2) is 11.6 Å². The van der Waals surface area contributed by atoms with E-state index >= 15 is 0 Å². The van der Waals surface area contributed by atoms with Crippen LogP contribution in [0.1, 0.15) is 34.6 Å². The number of Topliss-reactive ketones (excluding diaryl/α,β-unsaturated/α-hetero) is 2. The van der Waals surface area contributed by atoms with E-state index in [1.165, 1.54) is 26.1 Å². The molecule has 5 heteroatoms.